The highest BCUT2D eigenvalue weighted by molar-refractivity contribution is 7.84. The van der Waals surface area contributed by atoms with E-state index in [1.54, 1.807) is 12.1 Å². The summed E-state index contributed by atoms with van der Waals surface area (Å²) >= 11 is 0. The summed E-state index contributed by atoms with van der Waals surface area (Å²) in [7, 11) is -1.29. The van der Waals surface area contributed by atoms with Crippen molar-refractivity contribution in [2.24, 2.45) is 0 Å². The molecule has 0 saturated heterocycles. The Morgan fingerprint density at radius 1 is 1.18 bits per heavy atom. The first-order chi connectivity index (χ1) is 8.25. The van der Waals surface area contributed by atoms with Crippen LogP contribution >= 0.6 is 0 Å². The fraction of sp³-hybridized carbons (Fsp3) is 0.462. The average molecular weight is 251 g/mol. The Morgan fingerprint density at radius 3 is 2.65 bits per heavy atom. The molecule has 4 heteroatoms. The molecule has 1 heterocycles. The maximum absolute atomic E-state index is 12.1. The number of rotatable bonds is 5. The third kappa shape index (κ3) is 2.41. The highest BCUT2D eigenvalue weighted by atomic mass is 32.2. The van der Waals surface area contributed by atoms with E-state index in [9.17, 15) is 9.00 Å². The minimum Gasteiger partial charge on any atom is -0.268 e. The third-order valence-corrected chi connectivity index (χ3v) is 4.43. The molecule has 0 aromatic heterocycles. The lowest BCUT2D eigenvalue weighted by Gasteiger charge is -2.13. The van der Waals surface area contributed by atoms with Gasteiger partial charge in [0.2, 0.25) is 0 Å². The number of nitrogens with zero attached hydrogens (tertiary/aromatic N) is 1. The van der Waals surface area contributed by atoms with Crippen molar-refractivity contribution in [3.05, 3.63) is 29.8 Å². The van der Waals surface area contributed by atoms with E-state index in [1.165, 1.54) is 10.7 Å². The van der Waals surface area contributed by atoms with Crippen molar-refractivity contribution in [2.45, 2.75) is 37.5 Å². The van der Waals surface area contributed by atoms with Crippen LogP contribution in [0.1, 0.15) is 43.0 Å². The van der Waals surface area contributed by atoms with Crippen LogP contribution in [-0.4, -0.2) is 21.0 Å². The van der Waals surface area contributed by atoms with Crippen LogP contribution in [-0.2, 0) is 11.0 Å². The summed E-state index contributed by atoms with van der Waals surface area (Å²) in [6, 6.07) is 7.16. The van der Waals surface area contributed by atoms with Gasteiger partial charge in [0.05, 0.1) is 10.5 Å². The van der Waals surface area contributed by atoms with Crippen LogP contribution in [0.3, 0.4) is 0 Å². The zero-order valence-corrected chi connectivity index (χ0v) is 10.8. The molecule has 1 aromatic rings. The second-order valence-corrected chi connectivity index (χ2v) is 5.59. The van der Waals surface area contributed by atoms with Crippen LogP contribution in [0.25, 0.3) is 0 Å². The first-order valence-corrected chi connectivity index (χ1v) is 7.19. The fourth-order valence-electron chi connectivity index (χ4n) is 1.99. The average Bonchev–Trinajstić information content (AvgIpc) is 2.60. The van der Waals surface area contributed by atoms with Crippen molar-refractivity contribution >= 4 is 16.9 Å². The molecule has 1 unspecified atom stereocenters. The van der Waals surface area contributed by atoms with Crippen LogP contribution < -0.4 is 0 Å². The monoisotopic (exact) mass is 251 g/mol. The Labute approximate surface area is 104 Å². The minimum atomic E-state index is -1.29. The molecule has 1 aromatic carbocycles. The molecule has 1 atom stereocenters. The number of carbonyl (C=O) groups excluding carboxylic acids is 1. The maximum Gasteiger partial charge on any atom is 0.267 e. The summed E-state index contributed by atoms with van der Waals surface area (Å²) in [6.07, 6.45) is 4.35. The highest BCUT2D eigenvalue weighted by Gasteiger charge is 2.33. The van der Waals surface area contributed by atoms with Crippen LogP contribution in [0.15, 0.2) is 29.2 Å². The van der Waals surface area contributed by atoms with E-state index in [-0.39, 0.29) is 5.91 Å². The molecule has 1 aliphatic heterocycles. The van der Waals surface area contributed by atoms with Gasteiger partial charge < -0.3 is 0 Å². The quantitative estimate of drug-likeness (QED) is 0.755. The van der Waals surface area contributed by atoms with E-state index in [2.05, 4.69) is 6.92 Å². The molecule has 0 bridgehead atoms. The van der Waals surface area contributed by atoms with E-state index in [1.807, 2.05) is 12.1 Å². The molecular formula is C13H17NO2S. The van der Waals surface area contributed by atoms with Gasteiger partial charge in [0.1, 0.15) is 0 Å². The topological polar surface area (TPSA) is 37.4 Å². The van der Waals surface area contributed by atoms with Crippen LogP contribution in [0.4, 0.5) is 0 Å². The molecule has 0 aliphatic carbocycles. The minimum absolute atomic E-state index is 0.0876. The predicted molar refractivity (Wildman–Crippen MR) is 68.0 cm³/mol. The van der Waals surface area contributed by atoms with E-state index in [0.717, 1.165) is 19.3 Å². The molecule has 3 nitrogen and oxygen atoms in total. The molecule has 17 heavy (non-hydrogen) atoms. The zero-order chi connectivity index (χ0) is 12.3. The van der Waals surface area contributed by atoms with Crippen molar-refractivity contribution in [2.75, 3.05) is 6.54 Å². The summed E-state index contributed by atoms with van der Waals surface area (Å²) in [5.41, 5.74) is 0.598. The van der Waals surface area contributed by atoms with Gasteiger partial charge in [-0.2, -0.15) is 0 Å². The van der Waals surface area contributed by atoms with E-state index in [4.69, 9.17) is 0 Å². The number of fused-ring (bicyclic) bond motifs is 1. The van der Waals surface area contributed by atoms with Gasteiger partial charge in [-0.05, 0) is 18.6 Å². The van der Waals surface area contributed by atoms with Gasteiger partial charge in [-0.3, -0.25) is 9.10 Å². The van der Waals surface area contributed by atoms with Gasteiger partial charge in [0.25, 0.3) is 5.91 Å². The SMILES string of the molecule is CCCCCCN1C(=O)c2ccccc2S1=O. The van der Waals surface area contributed by atoms with E-state index in [0.29, 0.717) is 17.0 Å². The number of hydrogen-bond donors (Lipinski definition) is 0. The summed E-state index contributed by atoms with van der Waals surface area (Å²) in [5, 5.41) is 0. The van der Waals surface area contributed by atoms with Gasteiger partial charge in [-0.15, -0.1) is 0 Å². The Balaban J connectivity index is 2.03. The molecule has 0 spiro atoms. The van der Waals surface area contributed by atoms with Gasteiger partial charge >= 0.3 is 0 Å². The highest BCUT2D eigenvalue weighted by Crippen LogP contribution is 2.26. The van der Waals surface area contributed by atoms with Crippen molar-refractivity contribution in [3.8, 4) is 0 Å². The summed E-state index contributed by atoms with van der Waals surface area (Å²) in [4.78, 5) is 12.7. The third-order valence-electron chi connectivity index (χ3n) is 2.95. The zero-order valence-electron chi connectivity index (χ0n) is 10.0. The Morgan fingerprint density at radius 2 is 1.94 bits per heavy atom. The van der Waals surface area contributed by atoms with Crippen LogP contribution in [0, 0.1) is 0 Å². The number of unbranched alkanes of at least 4 members (excludes halogenated alkanes) is 3. The summed E-state index contributed by atoms with van der Waals surface area (Å²) < 4.78 is 13.6. The maximum atomic E-state index is 12.1. The number of benzene rings is 1. The molecule has 0 saturated carbocycles. The lowest BCUT2D eigenvalue weighted by Crippen LogP contribution is -2.27. The van der Waals surface area contributed by atoms with Crippen molar-refractivity contribution < 1.29 is 9.00 Å². The molecule has 1 aliphatic rings. The summed E-state index contributed by atoms with van der Waals surface area (Å²) in [5.74, 6) is -0.0876. The molecule has 92 valence electrons. The first-order valence-electron chi connectivity index (χ1n) is 6.08. The smallest absolute Gasteiger partial charge is 0.267 e. The Bertz CT molecular complexity index is 410. The van der Waals surface area contributed by atoms with Crippen LogP contribution in [0.5, 0.6) is 0 Å². The van der Waals surface area contributed by atoms with Gasteiger partial charge in [0.15, 0.2) is 11.0 Å². The molecule has 2 rings (SSSR count). The first kappa shape index (κ1) is 12.3. The lowest BCUT2D eigenvalue weighted by molar-refractivity contribution is 0.0873. The van der Waals surface area contributed by atoms with Gasteiger partial charge in [-0.25, -0.2) is 4.21 Å². The van der Waals surface area contributed by atoms with Crippen molar-refractivity contribution in [1.29, 1.82) is 0 Å². The summed E-state index contributed by atoms with van der Waals surface area (Å²) in [6.45, 7) is 2.75. The van der Waals surface area contributed by atoms with E-state index >= 15 is 0 Å². The van der Waals surface area contributed by atoms with Gasteiger partial charge in [-0.1, -0.05) is 38.3 Å². The van der Waals surface area contributed by atoms with Crippen LogP contribution in [0.2, 0.25) is 0 Å². The Hall–Kier alpha value is -1.16. The number of carbonyl (C=O) groups is 1. The molecule has 0 N–H and O–H groups in total. The fourth-order valence-corrected chi connectivity index (χ4v) is 3.31. The Kier molecular flexibility index (Phi) is 3.94. The standard InChI is InChI=1S/C13H17NO2S/c1-2-3-4-7-10-14-13(15)11-8-5-6-9-12(11)17(14)16/h5-6,8-9H,2-4,7,10H2,1H3. The van der Waals surface area contributed by atoms with Crippen molar-refractivity contribution in [3.63, 3.8) is 0 Å². The molecule has 1 amide bonds. The van der Waals surface area contributed by atoms with Gasteiger partial charge in [0, 0.05) is 6.54 Å². The number of hydrogen-bond acceptors (Lipinski definition) is 2. The molecule has 0 fully saturated rings. The molecule has 0 radical (unpaired) electrons. The predicted octanol–water partition coefficient (Wildman–Crippen LogP) is 2.75. The second-order valence-electron chi connectivity index (χ2n) is 4.21. The van der Waals surface area contributed by atoms with Crippen molar-refractivity contribution in [1.82, 2.24) is 4.31 Å². The lowest BCUT2D eigenvalue weighted by atomic mass is 10.2. The normalized spacial score (nSPS) is 18.5. The second kappa shape index (κ2) is 5.45. The molecular weight excluding hydrogens is 234 g/mol. The number of amides is 1. The van der Waals surface area contributed by atoms with E-state index < -0.39 is 11.0 Å². The largest absolute Gasteiger partial charge is 0.268 e.